The van der Waals surface area contributed by atoms with Crippen LogP contribution in [0.5, 0.6) is 5.75 Å². The van der Waals surface area contributed by atoms with Crippen molar-refractivity contribution < 1.29 is 13.9 Å². The Bertz CT molecular complexity index is 944. The van der Waals surface area contributed by atoms with Crippen LogP contribution < -0.4 is 10.1 Å². The Morgan fingerprint density at radius 3 is 2.79 bits per heavy atom. The molecule has 0 saturated carbocycles. The van der Waals surface area contributed by atoms with Crippen LogP contribution in [0.1, 0.15) is 22.5 Å². The topological polar surface area (TPSA) is 79.9 Å². The van der Waals surface area contributed by atoms with Crippen molar-refractivity contribution >= 4 is 17.7 Å². The van der Waals surface area contributed by atoms with E-state index in [0.717, 1.165) is 22.4 Å². The number of nitrogens with one attached hydrogen (secondary N) is 2. The summed E-state index contributed by atoms with van der Waals surface area (Å²) >= 11 is 1.23. The average molecular weight is 400 g/mol. The molecule has 0 atom stereocenters. The molecule has 2 aromatic carbocycles. The molecule has 146 valence electrons. The first-order valence-corrected chi connectivity index (χ1v) is 9.73. The number of thioether (sulfide) groups is 1. The zero-order valence-corrected chi connectivity index (χ0v) is 16.5. The maximum Gasteiger partial charge on any atom is 0.230 e. The number of rotatable bonds is 8. The zero-order valence-electron chi connectivity index (χ0n) is 15.7. The van der Waals surface area contributed by atoms with Gasteiger partial charge in [-0.2, -0.15) is 0 Å². The van der Waals surface area contributed by atoms with Crippen LogP contribution in [0.15, 0.2) is 47.6 Å². The van der Waals surface area contributed by atoms with Crippen LogP contribution in [0, 0.1) is 19.7 Å². The zero-order chi connectivity index (χ0) is 19.9. The molecule has 0 fully saturated rings. The quantitative estimate of drug-likeness (QED) is 0.565. The molecular weight excluding hydrogens is 379 g/mol. The third-order valence-corrected chi connectivity index (χ3v) is 4.80. The standard InChI is InChI=1S/C20H21FN4O2S/c1-13-3-4-14(2)17(9-13)27-11-18-23-20(25-24-18)28-12-19(26)22-10-15-5-7-16(21)8-6-15/h3-9H,10-12H2,1-2H3,(H,22,26)(H,23,24,25). The van der Waals surface area contributed by atoms with Gasteiger partial charge in [0.05, 0.1) is 5.75 Å². The molecule has 0 aliphatic heterocycles. The summed E-state index contributed by atoms with van der Waals surface area (Å²) in [5.41, 5.74) is 3.02. The van der Waals surface area contributed by atoms with E-state index in [1.165, 1.54) is 23.9 Å². The number of carbonyl (C=O) groups is 1. The van der Waals surface area contributed by atoms with Gasteiger partial charge in [0.15, 0.2) is 5.82 Å². The smallest absolute Gasteiger partial charge is 0.230 e. The van der Waals surface area contributed by atoms with Crippen LogP contribution in [-0.4, -0.2) is 26.8 Å². The van der Waals surface area contributed by atoms with Crippen LogP contribution in [0.2, 0.25) is 0 Å². The number of hydrogen-bond acceptors (Lipinski definition) is 5. The van der Waals surface area contributed by atoms with Crippen molar-refractivity contribution in [1.82, 2.24) is 20.5 Å². The van der Waals surface area contributed by atoms with Crippen molar-refractivity contribution in [2.24, 2.45) is 0 Å². The molecule has 3 aromatic rings. The highest BCUT2D eigenvalue weighted by molar-refractivity contribution is 7.99. The third-order valence-electron chi connectivity index (χ3n) is 3.95. The molecule has 8 heteroatoms. The van der Waals surface area contributed by atoms with Gasteiger partial charge in [0, 0.05) is 6.54 Å². The number of ether oxygens (including phenoxy) is 1. The van der Waals surface area contributed by atoms with Crippen LogP contribution in [-0.2, 0) is 17.9 Å². The van der Waals surface area contributed by atoms with E-state index in [4.69, 9.17) is 4.74 Å². The molecule has 1 aromatic heterocycles. The number of carbonyl (C=O) groups excluding carboxylic acids is 1. The first kappa shape index (κ1) is 19.9. The predicted octanol–water partition coefficient (Wildman–Crippen LogP) is 3.55. The summed E-state index contributed by atoms with van der Waals surface area (Å²) in [7, 11) is 0. The number of nitrogens with zero attached hydrogens (tertiary/aromatic N) is 2. The highest BCUT2D eigenvalue weighted by atomic mass is 32.2. The van der Waals surface area contributed by atoms with Crippen molar-refractivity contribution in [3.05, 3.63) is 70.8 Å². The van der Waals surface area contributed by atoms with Crippen LogP contribution in [0.25, 0.3) is 0 Å². The molecule has 0 bridgehead atoms. The SMILES string of the molecule is Cc1ccc(C)c(OCc2nc(SCC(=O)NCc3ccc(F)cc3)n[nH]2)c1. The molecule has 1 heterocycles. The van der Waals surface area contributed by atoms with Gasteiger partial charge in [-0.3, -0.25) is 9.89 Å². The number of benzene rings is 2. The summed E-state index contributed by atoms with van der Waals surface area (Å²) in [5, 5.41) is 10.2. The molecule has 6 nitrogen and oxygen atoms in total. The van der Waals surface area contributed by atoms with Gasteiger partial charge in [-0.05, 0) is 48.7 Å². The van der Waals surface area contributed by atoms with Gasteiger partial charge in [-0.25, -0.2) is 9.37 Å². The van der Waals surface area contributed by atoms with E-state index < -0.39 is 0 Å². The van der Waals surface area contributed by atoms with Crippen molar-refractivity contribution in [2.45, 2.75) is 32.2 Å². The summed E-state index contributed by atoms with van der Waals surface area (Å²) in [6.45, 7) is 4.62. The summed E-state index contributed by atoms with van der Waals surface area (Å²) < 4.78 is 18.7. The lowest BCUT2D eigenvalue weighted by molar-refractivity contribution is -0.118. The molecule has 0 saturated heterocycles. The van der Waals surface area contributed by atoms with Gasteiger partial charge in [-0.15, -0.1) is 5.10 Å². The van der Waals surface area contributed by atoms with Crippen molar-refractivity contribution in [2.75, 3.05) is 5.75 Å². The number of hydrogen-bond donors (Lipinski definition) is 2. The van der Waals surface area contributed by atoms with Gasteiger partial charge < -0.3 is 10.1 Å². The van der Waals surface area contributed by atoms with Crippen LogP contribution >= 0.6 is 11.8 Å². The number of aryl methyl sites for hydroxylation is 2. The van der Waals surface area contributed by atoms with E-state index in [9.17, 15) is 9.18 Å². The van der Waals surface area contributed by atoms with Crippen molar-refractivity contribution in [1.29, 1.82) is 0 Å². The van der Waals surface area contributed by atoms with Gasteiger partial charge in [0.2, 0.25) is 11.1 Å². The molecule has 0 aliphatic rings. The number of aromatic amines is 1. The highest BCUT2D eigenvalue weighted by Crippen LogP contribution is 2.20. The minimum absolute atomic E-state index is 0.146. The lowest BCUT2D eigenvalue weighted by Gasteiger charge is -2.08. The normalized spacial score (nSPS) is 10.7. The maximum atomic E-state index is 12.9. The fourth-order valence-corrected chi connectivity index (χ4v) is 3.05. The Hall–Kier alpha value is -2.87. The number of H-pyrrole nitrogens is 1. The van der Waals surface area contributed by atoms with Gasteiger partial charge >= 0.3 is 0 Å². The van der Waals surface area contributed by atoms with E-state index in [2.05, 4.69) is 20.5 Å². The monoisotopic (exact) mass is 400 g/mol. The predicted molar refractivity (Wildman–Crippen MR) is 106 cm³/mol. The Morgan fingerprint density at radius 2 is 2.00 bits per heavy atom. The van der Waals surface area contributed by atoms with E-state index >= 15 is 0 Å². The summed E-state index contributed by atoms with van der Waals surface area (Å²) in [4.78, 5) is 16.3. The van der Waals surface area contributed by atoms with E-state index in [1.807, 2.05) is 32.0 Å². The van der Waals surface area contributed by atoms with Crippen molar-refractivity contribution in [3.8, 4) is 5.75 Å². The first-order chi connectivity index (χ1) is 13.5. The van der Waals surface area contributed by atoms with Gasteiger partial charge in [-0.1, -0.05) is 36.0 Å². The number of aromatic nitrogens is 3. The second-order valence-electron chi connectivity index (χ2n) is 6.31. The first-order valence-electron chi connectivity index (χ1n) is 8.75. The Kier molecular flexibility index (Phi) is 6.65. The summed E-state index contributed by atoms with van der Waals surface area (Å²) in [5.74, 6) is 1.15. The second-order valence-corrected chi connectivity index (χ2v) is 7.26. The fraction of sp³-hybridized carbons (Fsp3) is 0.250. The van der Waals surface area contributed by atoms with E-state index in [1.54, 1.807) is 12.1 Å². The van der Waals surface area contributed by atoms with E-state index in [-0.39, 0.29) is 24.1 Å². The Morgan fingerprint density at radius 1 is 1.21 bits per heavy atom. The fourth-order valence-electron chi connectivity index (χ4n) is 2.40. The maximum absolute atomic E-state index is 12.9. The molecule has 0 radical (unpaired) electrons. The second kappa shape index (κ2) is 9.36. The molecule has 2 N–H and O–H groups in total. The highest BCUT2D eigenvalue weighted by Gasteiger charge is 2.09. The van der Waals surface area contributed by atoms with Gasteiger partial charge in [0.1, 0.15) is 18.2 Å². The molecule has 0 spiro atoms. The largest absolute Gasteiger partial charge is 0.485 e. The lowest BCUT2D eigenvalue weighted by atomic mass is 10.1. The minimum Gasteiger partial charge on any atom is -0.485 e. The molecular formula is C20H21FN4O2S. The summed E-state index contributed by atoms with van der Waals surface area (Å²) in [6.07, 6.45) is 0. The van der Waals surface area contributed by atoms with Crippen LogP contribution in [0.4, 0.5) is 4.39 Å². The van der Waals surface area contributed by atoms with Crippen molar-refractivity contribution in [3.63, 3.8) is 0 Å². The Labute approximate surface area is 166 Å². The molecule has 1 amide bonds. The van der Waals surface area contributed by atoms with E-state index in [0.29, 0.717) is 17.5 Å². The molecule has 3 rings (SSSR count). The third kappa shape index (κ3) is 5.82. The minimum atomic E-state index is -0.299. The van der Waals surface area contributed by atoms with Crippen LogP contribution in [0.3, 0.4) is 0 Å². The number of halogens is 1. The van der Waals surface area contributed by atoms with Gasteiger partial charge in [0.25, 0.3) is 0 Å². The molecule has 0 unspecified atom stereocenters. The summed E-state index contributed by atoms with van der Waals surface area (Å²) in [6, 6.07) is 12.0. The Balaban J connectivity index is 1.43. The molecule has 28 heavy (non-hydrogen) atoms. The number of amides is 1. The lowest BCUT2D eigenvalue weighted by Crippen LogP contribution is -2.24. The average Bonchev–Trinajstić information content (AvgIpc) is 3.14. The molecule has 0 aliphatic carbocycles.